The fourth-order valence-corrected chi connectivity index (χ4v) is 3.09. The van der Waals surface area contributed by atoms with E-state index in [2.05, 4.69) is 25.2 Å². The molecule has 0 radical (unpaired) electrons. The molecule has 0 saturated carbocycles. The maximum atomic E-state index is 6.24. The first-order valence-corrected chi connectivity index (χ1v) is 8.05. The van der Waals surface area contributed by atoms with Gasteiger partial charge in [-0.25, -0.2) is 0 Å². The minimum absolute atomic E-state index is 0.119. The predicted molar refractivity (Wildman–Crippen MR) is 92.6 cm³/mol. The zero-order valence-electron chi connectivity index (χ0n) is 12.0. The molecule has 2 rings (SSSR count). The Morgan fingerprint density at radius 3 is 2.38 bits per heavy atom. The molecule has 0 spiro atoms. The number of hydrogen-bond acceptors (Lipinski definition) is 1. The van der Waals surface area contributed by atoms with Crippen LogP contribution in [0.25, 0.3) is 0 Å². The first-order valence-electron chi connectivity index (χ1n) is 6.91. The van der Waals surface area contributed by atoms with E-state index in [0.29, 0.717) is 5.02 Å². The van der Waals surface area contributed by atoms with Gasteiger partial charge in [0.25, 0.3) is 0 Å². The summed E-state index contributed by atoms with van der Waals surface area (Å²) in [4.78, 5) is 0. The van der Waals surface area contributed by atoms with Gasteiger partial charge in [0, 0.05) is 27.2 Å². The average molecular weight is 343 g/mol. The summed E-state index contributed by atoms with van der Waals surface area (Å²) in [5.74, 6) is 0. The molecule has 0 aliphatic heterocycles. The van der Waals surface area contributed by atoms with Crippen LogP contribution >= 0.6 is 34.8 Å². The highest BCUT2D eigenvalue weighted by molar-refractivity contribution is 6.33. The molecule has 0 aliphatic carbocycles. The Balaban J connectivity index is 2.04. The second-order valence-corrected chi connectivity index (χ2v) is 6.50. The van der Waals surface area contributed by atoms with Crippen LogP contribution < -0.4 is 5.32 Å². The Morgan fingerprint density at radius 1 is 0.952 bits per heavy atom. The molecular formula is C17H18Cl3N. The monoisotopic (exact) mass is 341 g/mol. The smallest absolute Gasteiger partial charge is 0.0454 e. The van der Waals surface area contributed by atoms with E-state index >= 15 is 0 Å². The summed E-state index contributed by atoms with van der Waals surface area (Å²) in [6.45, 7) is 4.22. The number of rotatable bonds is 5. The Labute approximate surface area is 141 Å². The van der Waals surface area contributed by atoms with E-state index in [1.807, 2.05) is 30.3 Å². The first kappa shape index (κ1) is 16.6. The molecule has 0 heterocycles. The maximum Gasteiger partial charge on any atom is 0.0454 e. The summed E-state index contributed by atoms with van der Waals surface area (Å²) in [7, 11) is 0. The quantitative estimate of drug-likeness (QED) is 0.710. The zero-order valence-corrected chi connectivity index (χ0v) is 14.3. The summed E-state index contributed by atoms with van der Waals surface area (Å²) < 4.78 is 0. The topological polar surface area (TPSA) is 12.0 Å². The second kappa shape index (κ2) is 7.51. The number of benzene rings is 2. The molecule has 1 nitrogen and oxygen atoms in total. The number of halogens is 3. The third-order valence-corrected chi connectivity index (χ3v) is 4.39. The van der Waals surface area contributed by atoms with Crippen LogP contribution in [-0.4, -0.2) is 6.04 Å². The van der Waals surface area contributed by atoms with E-state index in [4.69, 9.17) is 34.8 Å². The molecule has 0 fully saturated rings. The molecule has 112 valence electrons. The van der Waals surface area contributed by atoms with Crippen LogP contribution in [0.3, 0.4) is 0 Å². The highest BCUT2D eigenvalue weighted by Crippen LogP contribution is 2.27. The normalized spacial score (nSPS) is 14.0. The zero-order chi connectivity index (χ0) is 15.4. The van der Waals surface area contributed by atoms with Gasteiger partial charge in [0.2, 0.25) is 0 Å². The van der Waals surface area contributed by atoms with E-state index in [-0.39, 0.29) is 12.1 Å². The summed E-state index contributed by atoms with van der Waals surface area (Å²) in [5, 5.41) is 5.77. The van der Waals surface area contributed by atoms with Crippen molar-refractivity contribution in [3.05, 3.63) is 68.7 Å². The van der Waals surface area contributed by atoms with Crippen molar-refractivity contribution in [1.29, 1.82) is 0 Å². The van der Waals surface area contributed by atoms with Gasteiger partial charge in [-0.1, -0.05) is 53.0 Å². The fraction of sp³-hybridized carbons (Fsp3) is 0.294. The van der Waals surface area contributed by atoms with Gasteiger partial charge in [-0.05, 0) is 55.7 Å². The van der Waals surface area contributed by atoms with Gasteiger partial charge in [0.1, 0.15) is 0 Å². The molecule has 0 amide bonds. The Morgan fingerprint density at radius 2 is 1.67 bits per heavy atom. The van der Waals surface area contributed by atoms with Gasteiger partial charge >= 0.3 is 0 Å². The molecule has 2 unspecified atom stereocenters. The van der Waals surface area contributed by atoms with Crippen molar-refractivity contribution in [1.82, 2.24) is 5.32 Å². The van der Waals surface area contributed by atoms with Crippen LogP contribution in [0.4, 0.5) is 0 Å². The molecule has 2 atom stereocenters. The highest BCUT2D eigenvalue weighted by atomic mass is 35.5. The molecule has 21 heavy (non-hydrogen) atoms. The van der Waals surface area contributed by atoms with Crippen LogP contribution in [0.15, 0.2) is 42.5 Å². The third-order valence-electron chi connectivity index (χ3n) is 3.44. The lowest BCUT2D eigenvalue weighted by molar-refractivity contribution is 0.477. The minimum atomic E-state index is 0.119. The predicted octanol–water partition coefficient (Wildman–Crippen LogP) is 5.93. The van der Waals surface area contributed by atoms with Crippen molar-refractivity contribution < 1.29 is 0 Å². The first-order chi connectivity index (χ1) is 9.97. The highest BCUT2D eigenvalue weighted by Gasteiger charge is 2.14. The lowest BCUT2D eigenvalue weighted by Crippen LogP contribution is -2.31. The number of hydrogen-bond donors (Lipinski definition) is 1. The van der Waals surface area contributed by atoms with Crippen LogP contribution in [0.5, 0.6) is 0 Å². The third kappa shape index (κ3) is 4.62. The molecule has 0 saturated heterocycles. The molecule has 4 heteroatoms. The fourth-order valence-electron chi connectivity index (χ4n) is 2.42. The SMILES string of the molecule is CC(Cc1ccccc1Cl)NC(C)c1cc(Cl)ccc1Cl. The van der Waals surface area contributed by atoms with Gasteiger partial charge < -0.3 is 5.32 Å². The maximum absolute atomic E-state index is 6.24. The second-order valence-electron chi connectivity index (χ2n) is 5.25. The van der Waals surface area contributed by atoms with Crippen molar-refractivity contribution in [3.63, 3.8) is 0 Å². The van der Waals surface area contributed by atoms with Crippen molar-refractivity contribution in [2.75, 3.05) is 0 Å². The minimum Gasteiger partial charge on any atom is -0.307 e. The van der Waals surface area contributed by atoms with E-state index in [9.17, 15) is 0 Å². The molecular weight excluding hydrogens is 325 g/mol. The Hall–Kier alpha value is -0.730. The van der Waals surface area contributed by atoms with E-state index in [1.165, 1.54) is 0 Å². The average Bonchev–Trinajstić information content (AvgIpc) is 2.44. The van der Waals surface area contributed by atoms with E-state index in [0.717, 1.165) is 27.6 Å². The number of nitrogens with one attached hydrogen (secondary N) is 1. The lowest BCUT2D eigenvalue weighted by Gasteiger charge is -2.22. The van der Waals surface area contributed by atoms with Crippen molar-refractivity contribution in [3.8, 4) is 0 Å². The Bertz CT molecular complexity index is 613. The summed E-state index contributed by atoms with van der Waals surface area (Å²) in [6.07, 6.45) is 0.863. The molecule has 2 aromatic carbocycles. The molecule has 0 aliphatic rings. The van der Waals surface area contributed by atoms with Crippen LogP contribution in [0.2, 0.25) is 15.1 Å². The van der Waals surface area contributed by atoms with Crippen molar-refractivity contribution >= 4 is 34.8 Å². The molecule has 1 N–H and O–H groups in total. The summed E-state index contributed by atoms with van der Waals surface area (Å²) >= 11 is 18.5. The summed E-state index contributed by atoms with van der Waals surface area (Å²) in [6, 6.07) is 13.8. The standard InChI is InChI=1S/C17H18Cl3N/c1-11(9-13-5-3-4-6-16(13)19)21-12(2)15-10-14(18)7-8-17(15)20/h3-8,10-12,21H,9H2,1-2H3. The van der Waals surface area contributed by atoms with E-state index < -0.39 is 0 Å². The van der Waals surface area contributed by atoms with Gasteiger partial charge in [-0.2, -0.15) is 0 Å². The largest absolute Gasteiger partial charge is 0.307 e. The van der Waals surface area contributed by atoms with E-state index in [1.54, 1.807) is 6.07 Å². The molecule has 0 bridgehead atoms. The van der Waals surface area contributed by atoms with Gasteiger partial charge in [0.05, 0.1) is 0 Å². The van der Waals surface area contributed by atoms with Crippen molar-refractivity contribution in [2.24, 2.45) is 0 Å². The Kier molecular flexibility index (Phi) is 5.95. The molecule has 2 aromatic rings. The van der Waals surface area contributed by atoms with Crippen LogP contribution in [0.1, 0.15) is 31.0 Å². The van der Waals surface area contributed by atoms with Crippen molar-refractivity contribution in [2.45, 2.75) is 32.4 Å². The van der Waals surface area contributed by atoms with Crippen LogP contribution in [-0.2, 0) is 6.42 Å². The van der Waals surface area contributed by atoms with Gasteiger partial charge in [-0.3, -0.25) is 0 Å². The van der Waals surface area contributed by atoms with Gasteiger partial charge in [-0.15, -0.1) is 0 Å². The lowest BCUT2D eigenvalue weighted by atomic mass is 10.0. The summed E-state index contributed by atoms with van der Waals surface area (Å²) in [5.41, 5.74) is 2.15. The molecule has 0 aromatic heterocycles. The van der Waals surface area contributed by atoms with Gasteiger partial charge in [0.15, 0.2) is 0 Å². The van der Waals surface area contributed by atoms with Crippen LogP contribution in [0, 0.1) is 0 Å².